The Kier molecular flexibility index (Phi) is 6.87. The van der Waals surface area contributed by atoms with E-state index in [4.69, 9.17) is 0 Å². The molecule has 3 atom stereocenters. The fourth-order valence-electron chi connectivity index (χ4n) is 2.97. The van der Waals surface area contributed by atoms with Crippen LogP contribution in [0.3, 0.4) is 0 Å². The maximum Gasteiger partial charge on any atom is -0.00115 e. The van der Waals surface area contributed by atoms with E-state index < -0.39 is 0 Å². The Balaban J connectivity index is 2.19. The Morgan fingerprint density at radius 1 is 1.00 bits per heavy atom. The summed E-state index contributed by atoms with van der Waals surface area (Å²) in [6.45, 7) is 6.92. The molecule has 0 aromatic rings. The highest BCUT2D eigenvalue weighted by atomic mass is 32.1. The van der Waals surface area contributed by atoms with Crippen LogP contribution in [-0.4, -0.2) is 5.25 Å². The molecule has 1 aliphatic carbocycles. The Morgan fingerprint density at radius 2 is 1.56 bits per heavy atom. The predicted molar refractivity (Wildman–Crippen MR) is 77.2 cm³/mol. The monoisotopic (exact) mass is 242 g/mol. The smallest absolute Gasteiger partial charge is 0.00115 e. The minimum absolute atomic E-state index is 0.594. The van der Waals surface area contributed by atoms with Gasteiger partial charge in [0, 0.05) is 0 Å². The highest BCUT2D eigenvalue weighted by molar-refractivity contribution is 7.80. The maximum absolute atomic E-state index is 4.49. The van der Waals surface area contributed by atoms with E-state index >= 15 is 0 Å². The number of thiol groups is 1. The quantitative estimate of drug-likeness (QED) is 0.598. The van der Waals surface area contributed by atoms with Gasteiger partial charge in [0.2, 0.25) is 0 Å². The van der Waals surface area contributed by atoms with Gasteiger partial charge in [0.25, 0.3) is 0 Å². The third-order valence-corrected chi connectivity index (χ3v) is 4.29. The van der Waals surface area contributed by atoms with Crippen molar-refractivity contribution in [1.82, 2.24) is 0 Å². The van der Waals surface area contributed by atoms with Gasteiger partial charge >= 0.3 is 0 Å². The van der Waals surface area contributed by atoms with E-state index in [0.717, 1.165) is 17.8 Å². The van der Waals surface area contributed by atoms with E-state index in [2.05, 4.69) is 33.4 Å². The van der Waals surface area contributed by atoms with Crippen LogP contribution in [0.5, 0.6) is 0 Å². The van der Waals surface area contributed by atoms with Crippen LogP contribution >= 0.6 is 12.6 Å². The standard InChI is InChI=1S/C15H30S/c1-12(2)7-9-14-5-4-6-15(11-14)10-8-13(3)16/h12-16H,4-11H2,1-3H3. The summed E-state index contributed by atoms with van der Waals surface area (Å²) < 4.78 is 0. The van der Waals surface area contributed by atoms with Crippen LogP contribution < -0.4 is 0 Å². The van der Waals surface area contributed by atoms with Crippen molar-refractivity contribution < 1.29 is 0 Å². The topological polar surface area (TPSA) is 0 Å². The molecule has 3 unspecified atom stereocenters. The van der Waals surface area contributed by atoms with Gasteiger partial charge in [-0.3, -0.25) is 0 Å². The summed E-state index contributed by atoms with van der Waals surface area (Å²) in [6, 6.07) is 0. The molecule has 1 aliphatic rings. The second-order valence-electron chi connectivity index (χ2n) is 6.30. The van der Waals surface area contributed by atoms with Crippen LogP contribution in [-0.2, 0) is 0 Å². The molecule has 0 amide bonds. The van der Waals surface area contributed by atoms with Crippen LogP contribution in [0.2, 0.25) is 0 Å². The SMILES string of the molecule is CC(C)CCC1CCCC(CCC(C)S)C1. The van der Waals surface area contributed by atoms with E-state index in [1.807, 2.05) is 0 Å². The third-order valence-electron chi connectivity index (χ3n) is 4.04. The Hall–Kier alpha value is 0.350. The molecule has 0 aromatic heterocycles. The van der Waals surface area contributed by atoms with Crippen LogP contribution in [0.4, 0.5) is 0 Å². The lowest BCUT2D eigenvalue weighted by Crippen LogP contribution is -2.17. The molecule has 1 saturated carbocycles. The summed E-state index contributed by atoms with van der Waals surface area (Å²) in [4.78, 5) is 0. The Bertz CT molecular complexity index is 156. The van der Waals surface area contributed by atoms with Gasteiger partial charge in [0.1, 0.15) is 0 Å². The van der Waals surface area contributed by atoms with Crippen molar-refractivity contribution in [1.29, 1.82) is 0 Å². The summed E-state index contributed by atoms with van der Waals surface area (Å²) in [5, 5.41) is 0.594. The van der Waals surface area contributed by atoms with Gasteiger partial charge in [-0.1, -0.05) is 52.9 Å². The largest absolute Gasteiger partial charge is 0.176 e. The van der Waals surface area contributed by atoms with Gasteiger partial charge in [-0.15, -0.1) is 0 Å². The average Bonchev–Trinajstić information content (AvgIpc) is 2.24. The van der Waals surface area contributed by atoms with Crippen LogP contribution in [0.1, 0.15) is 72.1 Å². The molecule has 1 fully saturated rings. The molecule has 1 rings (SSSR count). The normalized spacial score (nSPS) is 28.3. The molecule has 0 N–H and O–H groups in total. The molecule has 16 heavy (non-hydrogen) atoms. The lowest BCUT2D eigenvalue weighted by atomic mass is 9.77. The Morgan fingerprint density at radius 3 is 2.06 bits per heavy atom. The summed E-state index contributed by atoms with van der Waals surface area (Å²) in [6.07, 6.45) is 11.6. The molecule has 96 valence electrons. The van der Waals surface area contributed by atoms with Crippen molar-refractivity contribution >= 4 is 12.6 Å². The van der Waals surface area contributed by atoms with Crippen molar-refractivity contribution in [2.45, 2.75) is 77.4 Å². The second kappa shape index (κ2) is 7.63. The molecule has 1 heteroatoms. The van der Waals surface area contributed by atoms with Gasteiger partial charge in [-0.05, 0) is 42.3 Å². The lowest BCUT2D eigenvalue weighted by Gasteiger charge is -2.30. The first-order chi connectivity index (χ1) is 7.58. The second-order valence-corrected chi connectivity index (χ2v) is 7.18. The van der Waals surface area contributed by atoms with Gasteiger partial charge < -0.3 is 0 Å². The zero-order valence-electron chi connectivity index (χ0n) is 11.4. The van der Waals surface area contributed by atoms with Crippen molar-refractivity contribution in [3.8, 4) is 0 Å². The zero-order valence-corrected chi connectivity index (χ0v) is 12.3. The van der Waals surface area contributed by atoms with Crippen LogP contribution in [0.15, 0.2) is 0 Å². The first-order valence-electron chi connectivity index (χ1n) is 7.26. The number of hydrogen-bond donors (Lipinski definition) is 1. The third kappa shape index (κ3) is 6.18. The van der Waals surface area contributed by atoms with Crippen LogP contribution in [0, 0.1) is 17.8 Å². The molecule has 0 nitrogen and oxygen atoms in total. The molecule has 0 heterocycles. The van der Waals surface area contributed by atoms with E-state index in [1.54, 1.807) is 0 Å². The number of rotatable bonds is 6. The highest BCUT2D eigenvalue weighted by Crippen LogP contribution is 2.35. The maximum atomic E-state index is 4.49. The summed E-state index contributed by atoms with van der Waals surface area (Å²) >= 11 is 4.49. The molecule has 0 radical (unpaired) electrons. The first kappa shape index (κ1) is 14.4. The van der Waals surface area contributed by atoms with Crippen LogP contribution in [0.25, 0.3) is 0 Å². The molecule has 0 saturated heterocycles. The van der Waals surface area contributed by atoms with E-state index in [9.17, 15) is 0 Å². The fourth-order valence-corrected chi connectivity index (χ4v) is 3.12. The molecule has 0 aliphatic heterocycles. The van der Waals surface area contributed by atoms with E-state index in [1.165, 1.54) is 51.4 Å². The van der Waals surface area contributed by atoms with Crippen molar-refractivity contribution in [3.05, 3.63) is 0 Å². The van der Waals surface area contributed by atoms with Crippen molar-refractivity contribution in [2.24, 2.45) is 17.8 Å². The minimum atomic E-state index is 0.594. The van der Waals surface area contributed by atoms with Gasteiger partial charge in [0.05, 0.1) is 0 Å². The van der Waals surface area contributed by atoms with E-state index in [-0.39, 0.29) is 0 Å². The number of hydrogen-bond acceptors (Lipinski definition) is 1. The van der Waals surface area contributed by atoms with Gasteiger partial charge in [-0.25, -0.2) is 0 Å². The molecular formula is C15H30S. The van der Waals surface area contributed by atoms with Crippen molar-refractivity contribution in [3.63, 3.8) is 0 Å². The first-order valence-corrected chi connectivity index (χ1v) is 7.77. The van der Waals surface area contributed by atoms with Gasteiger partial charge in [0.15, 0.2) is 0 Å². The summed E-state index contributed by atoms with van der Waals surface area (Å²) in [7, 11) is 0. The molecule has 0 bridgehead atoms. The molecular weight excluding hydrogens is 212 g/mol. The van der Waals surface area contributed by atoms with E-state index in [0.29, 0.717) is 5.25 Å². The summed E-state index contributed by atoms with van der Waals surface area (Å²) in [5.74, 6) is 2.94. The molecule has 0 spiro atoms. The van der Waals surface area contributed by atoms with Crippen molar-refractivity contribution in [2.75, 3.05) is 0 Å². The van der Waals surface area contributed by atoms with Gasteiger partial charge in [-0.2, -0.15) is 12.6 Å². The summed E-state index contributed by atoms with van der Waals surface area (Å²) in [5.41, 5.74) is 0. The fraction of sp³-hybridized carbons (Fsp3) is 1.00. The minimum Gasteiger partial charge on any atom is -0.176 e. The molecule has 0 aromatic carbocycles. The highest BCUT2D eigenvalue weighted by Gasteiger charge is 2.21. The zero-order chi connectivity index (χ0) is 12.0. The predicted octanol–water partition coefficient (Wildman–Crippen LogP) is 5.33. The Labute approximate surface area is 108 Å². The lowest BCUT2D eigenvalue weighted by molar-refractivity contribution is 0.232. The average molecular weight is 242 g/mol.